The summed E-state index contributed by atoms with van der Waals surface area (Å²) >= 11 is 0. The molecular formula is C32H12CuN8Na4O12S4. The second kappa shape index (κ2) is 18.3. The number of aromatic nitrogens is 8. The molecule has 0 saturated heterocycles. The van der Waals surface area contributed by atoms with Gasteiger partial charge in [-0.05, 0) is 64.0 Å². The smallest absolute Gasteiger partial charge is 0.744 e. The summed E-state index contributed by atoms with van der Waals surface area (Å²) < 4.78 is 146. The summed E-state index contributed by atoms with van der Waals surface area (Å²) in [6.45, 7) is 0. The van der Waals surface area contributed by atoms with Gasteiger partial charge in [0.1, 0.15) is 40.5 Å². The van der Waals surface area contributed by atoms with E-state index in [4.69, 9.17) is 0 Å². The summed E-state index contributed by atoms with van der Waals surface area (Å²) in [7, 11) is -20.3. The summed E-state index contributed by atoms with van der Waals surface area (Å²) in [5.41, 5.74) is -1.35. The van der Waals surface area contributed by atoms with Crippen LogP contribution in [0, 0.1) is 0 Å². The van der Waals surface area contributed by atoms with Crippen LogP contribution >= 0.6 is 0 Å². The normalized spacial score (nSPS) is 12.1. The maximum atomic E-state index is 12.5. The zero-order valence-corrected chi connectivity index (χ0v) is 43.5. The fourth-order valence-electron chi connectivity index (χ4n) is 6.29. The molecule has 8 bridgehead atoms. The van der Waals surface area contributed by atoms with Crippen molar-refractivity contribution in [2.75, 3.05) is 0 Å². The van der Waals surface area contributed by atoms with E-state index in [0.717, 1.165) is 42.5 Å². The molecule has 3 aromatic heterocycles. The van der Waals surface area contributed by atoms with E-state index < -0.39 is 65.9 Å². The first-order valence-corrected chi connectivity index (χ1v) is 21.0. The average molecular weight is 984 g/mol. The van der Waals surface area contributed by atoms with Crippen molar-refractivity contribution in [1.29, 1.82) is 0 Å². The molecule has 29 heteroatoms. The number of fused-ring (bicyclic) bond motifs is 20. The van der Waals surface area contributed by atoms with Crippen molar-refractivity contribution in [2.24, 2.45) is 0 Å². The molecule has 61 heavy (non-hydrogen) atoms. The molecule has 0 N–H and O–H groups in total. The molecule has 0 spiro atoms. The Morgan fingerprint density at radius 1 is 0.393 bits per heavy atom. The third-order valence-electron chi connectivity index (χ3n) is 8.74. The van der Waals surface area contributed by atoms with Gasteiger partial charge in [0.15, 0.2) is 0 Å². The molecule has 7 aromatic rings. The van der Waals surface area contributed by atoms with Crippen molar-refractivity contribution in [3.05, 3.63) is 72.8 Å². The summed E-state index contributed by atoms with van der Waals surface area (Å²) in [5, 5.41) is 0.0312. The molecule has 5 heterocycles. The average Bonchev–Trinajstić information content (AvgIpc) is 3.84. The van der Waals surface area contributed by atoms with Crippen molar-refractivity contribution in [2.45, 2.75) is 19.6 Å². The van der Waals surface area contributed by atoms with Gasteiger partial charge in [-0.2, -0.15) is 0 Å². The predicted molar refractivity (Wildman–Crippen MR) is 186 cm³/mol. The molecule has 0 fully saturated rings. The van der Waals surface area contributed by atoms with Crippen LogP contribution in [0.4, 0.5) is 0 Å². The van der Waals surface area contributed by atoms with Crippen LogP contribution in [0.25, 0.3) is 89.7 Å². The maximum absolute atomic E-state index is 12.5. The van der Waals surface area contributed by atoms with Crippen LogP contribution in [0.15, 0.2) is 92.4 Å². The number of benzene rings is 4. The Kier molecular flexibility index (Phi) is 15.7. The molecule has 2 aliphatic heterocycles. The van der Waals surface area contributed by atoms with Gasteiger partial charge in [-0.3, -0.25) is 0 Å². The second-order valence-corrected chi connectivity index (χ2v) is 17.6. The van der Waals surface area contributed by atoms with E-state index in [0.29, 0.717) is 0 Å². The fourth-order valence-corrected chi connectivity index (χ4v) is 8.48. The second-order valence-electron chi connectivity index (χ2n) is 12.1. The summed E-state index contributed by atoms with van der Waals surface area (Å²) in [4.78, 5) is 32.8. The molecule has 0 unspecified atom stereocenters. The van der Waals surface area contributed by atoms with Gasteiger partial charge in [-0.1, -0.05) is 30.3 Å². The zero-order valence-electron chi connectivity index (χ0n) is 31.3. The summed E-state index contributed by atoms with van der Waals surface area (Å²) in [6.07, 6.45) is 0. The van der Waals surface area contributed by atoms with Gasteiger partial charge in [0.2, 0.25) is 0 Å². The number of rotatable bonds is 4. The molecule has 4 aromatic carbocycles. The van der Waals surface area contributed by atoms with Crippen molar-refractivity contribution in [3.8, 4) is 45.6 Å². The summed E-state index contributed by atoms with van der Waals surface area (Å²) in [5.74, 6) is -1.18. The molecule has 1 radical (unpaired) electrons. The number of hydrogen-bond donors (Lipinski definition) is 0. The monoisotopic (exact) mass is 983 g/mol. The Bertz CT molecular complexity index is 3600. The topological polar surface area (TPSA) is 334 Å². The first-order valence-electron chi connectivity index (χ1n) is 15.4. The molecule has 0 aliphatic carbocycles. The largest absolute Gasteiger partial charge is 2.00 e. The minimum absolute atomic E-state index is 0. The molecule has 20 nitrogen and oxygen atoms in total. The first kappa shape index (κ1) is 52.0. The van der Waals surface area contributed by atoms with Crippen molar-refractivity contribution >= 4 is 84.6 Å². The minimum atomic E-state index is -5.21. The van der Waals surface area contributed by atoms with Gasteiger partial charge in [-0.25, -0.2) is 43.6 Å². The van der Waals surface area contributed by atoms with E-state index >= 15 is 0 Å². The number of nitrogens with zero attached hydrogens (tertiary/aromatic N) is 8. The molecule has 0 amide bonds. The van der Waals surface area contributed by atoms with Crippen molar-refractivity contribution in [1.82, 2.24) is 39.9 Å². The van der Waals surface area contributed by atoms with E-state index in [1.165, 1.54) is 30.3 Å². The minimum Gasteiger partial charge on any atom is -0.744 e. The van der Waals surface area contributed by atoms with Crippen molar-refractivity contribution in [3.63, 3.8) is 0 Å². The molecule has 0 atom stereocenters. The standard InChI is InChI=1S/C32H16N8O12S4.Cu.4Na/c41-53(42,43)13-4-7-16-20(10-13)29-33-25(16)35-30-22-12-15(55(47,48)49)6-9-18(22)27(37-30)39-32-24-19(2-1-3-23(24)56(50,51)52)28(40-32)38-31-21-11-14(54(44,45)46)5-8-17(21)26(34-29)36-31;;;;;/h1-12H,(H4-2,33,34,35,36,37,38,39,40,41,42,43,44,45,46,47,48,49,50,51,52);;;;;/q-2;+2;4*+1/p-4. The first-order chi connectivity index (χ1) is 26.2. The quantitative estimate of drug-likeness (QED) is 0.117. The van der Waals surface area contributed by atoms with Gasteiger partial charge in [0, 0.05) is 44.8 Å². The van der Waals surface area contributed by atoms with Gasteiger partial charge in [-0.15, -0.1) is 0 Å². The summed E-state index contributed by atoms with van der Waals surface area (Å²) in [6, 6.07) is 13.1. The maximum Gasteiger partial charge on any atom is 2.00 e. The molecule has 9 rings (SSSR count). The zero-order chi connectivity index (χ0) is 39.7. The van der Waals surface area contributed by atoms with E-state index in [9.17, 15) is 51.9 Å². The van der Waals surface area contributed by atoms with Crippen LogP contribution in [-0.2, 0) is 57.5 Å². The predicted octanol–water partition coefficient (Wildman–Crippen LogP) is -10.2. The van der Waals surface area contributed by atoms with Crippen LogP contribution < -0.4 is 128 Å². The van der Waals surface area contributed by atoms with Gasteiger partial charge < -0.3 is 48.1 Å². The molecule has 291 valence electrons. The SMILES string of the molecule is O=S(=O)([O-])c1ccc2c(c1)-c1nc-2nc2[n-]c(nc3nc(nc4[n-]c(n1)c1ccc(S(=O)(=O)[O-])cc41)-c1cccc(S(=O)(=O)[O-])c1-3)c1ccc(S(=O)(=O)[O-])cc21.[Cu+2].[Na+].[Na+].[Na+].[Na+]. The van der Waals surface area contributed by atoms with Crippen LogP contribution in [0.3, 0.4) is 0 Å². The van der Waals surface area contributed by atoms with E-state index in [-0.39, 0.29) is 219 Å². The van der Waals surface area contributed by atoms with Gasteiger partial charge in [0.25, 0.3) is 0 Å². The Morgan fingerprint density at radius 3 is 1.26 bits per heavy atom. The Morgan fingerprint density at radius 2 is 0.787 bits per heavy atom. The van der Waals surface area contributed by atoms with Crippen LogP contribution in [0.2, 0.25) is 0 Å². The molecule has 0 saturated carbocycles. The van der Waals surface area contributed by atoms with Crippen LogP contribution in [-0.4, -0.2) is 81.8 Å². The Hall–Kier alpha value is -1.60. The van der Waals surface area contributed by atoms with Crippen molar-refractivity contribution < 1.29 is 187 Å². The van der Waals surface area contributed by atoms with E-state index in [2.05, 4.69) is 39.9 Å². The Balaban J connectivity index is 0.00000164. The van der Waals surface area contributed by atoms with E-state index in [1.807, 2.05) is 0 Å². The Labute approximate surface area is 443 Å². The molecule has 2 aliphatic rings. The third-order valence-corrected chi connectivity index (χ3v) is 12.1. The van der Waals surface area contributed by atoms with Crippen LogP contribution in [0.5, 0.6) is 0 Å². The third kappa shape index (κ3) is 9.56. The van der Waals surface area contributed by atoms with Gasteiger partial charge >= 0.3 is 135 Å². The number of hydrogen-bond acceptors (Lipinski definition) is 18. The van der Waals surface area contributed by atoms with E-state index in [1.54, 1.807) is 0 Å². The fraction of sp³-hybridized carbons (Fsp3) is 0. The van der Waals surface area contributed by atoms with Gasteiger partial charge in [0.05, 0.1) is 42.9 Å². The van der Waals surface area contributed by atoms with Crippen LogP contribution in [0.1, 0.15) is 0 Å². The molecular weight excluding hydrogens is 972 g/mol.